The van der Waals surface area contributed by atoms with Crippen LogP contribution < -0.4 is 5.73 Å². The van der Waals surface area contributed by atoms with Gasteiger partial charge < -0.3 is 15.5 Å². The van der Waals surface area contributed by atoms with E-state index in [1.807, 2.05) is 49.5 Å². The van der Waals surface area contributed by atoms with Crippen LogP contribution in [0.5, 0.6) is 0 Å². The third-order valence-electron chi connectivity index (χ3n) is 6.32. The molecule has 0 aliphatic carbocycles. The molecule has 4 rings (SSSR count). The van der Waals surface area contributed by atoms with Gasteiger partial charge in [0.15, 0.2) is 0 Å². The number of benzene rings is 2. The number of nitrogens with zero attached hydrogens (tertiary/aromatic N) is 1. The van der Waals surface area contributed by atoms with Crippen LogP contribution in [0.4, 0.5) is 0 Å². The van der Waals surface area contributed by atoms with Gasteiger partial charge in [-0.25, -0.2) is 12.7 Å². The van der Waals surface area contributed by atoms with Gasteiger partial charge in [0, 0.05) is 31.3 Å². The van der Waals surface area contributed by atoms with Crippen LogP contribution in [0, 0.1) is 0 Å². The molecule has 7 nitrogen and oxygen atoms in total. The monoisotopic (exact) mass is 469 g/mol. The topological polar surface area (TPSA) is 105 Å². The Hall–Kier alpha value is -2.68. The predicted octanol–water partition coefficient (Wildman–Crippen LogP) is 3.87. The molecule has 0 radical (unpaired) electrons. The number of nitrogens with two attached hydrogens (primary N) is 1. The maximum Gasteiger partial charge on any atom is 0.250 e. The zero-order chi connectivity index (χ0) is 23.4. The highest BCUT2D eigenvalue weighted by molar-refractivity contribution is 7.89. The van der Waals surface area contributed by atoms with Gasteiger partial charge in [0.2, 0.25) is 10.0 Å². The number of primary amides is 1. The number of sulfonamides is 1. The Morgan fingerprint density at radius 2 is 1.85 bits per heavy atom. The van der Waals surface area contributed by atoms with Crippen molar-refractivity contribution < 1.29 is 17.9 Å². The summed E-state index contributed by atoms with van der Waals surface area (Å²) in [6.45, 7) is 3.77. The van der Waals surface area contributed by atoms with E-state index in [0.29, 0.717) is 25.3 Å². The number of carbonyl (C=O) groups excluding carboxylic acids is 1. The molecule has 1 fully saturated rings. The fraction of sp³-hybridized carbons (Fsp3) is 0.400. The number of piperidine rings is 1. The molecule has 1 aliphatic rings. The minimum atomic E-state index is -3.32. The second-order valence-electron chi connectivity index (χ2n) is 8.52. The molecular weight excluding hydrogens is 438 g/mol. The van der Waals surface area contributed by atoms with E-state index in [4.69, 9.17) is 10.5 Å². The molecule has 8 heteroatoms. The summed E-state index contributed by atoms with van der Waals surface area (Å²) in [6.07, 6.45) is 4.27. The molecule has 0 unspecified atom stereocenters. The molecule has 0 bridgehead atoms. The molecule has 2 aromatic carbocycles. The molecule has 3 N–H and O–H groups in total. The molecule has 1 saturated heterocycles. The highest BCUT2D eigenvalue weighted by Gasteiger charge is 2.30. The van der Waals surface area contributed by atoms with Crippen molar-refractivity contribution in [2.24, 2.45) is 5.73 Å². The lowest BCUT2D eigenvalue weighted by Crippen LogP contribution is -2.40. The Labute approximate surface area is 195 Å². The number of hydrogen-bond donors (Lipinski definition) is 2. The summed E-state index contributed by atoms with van der Waals surface area (Å²) < 4.78 is 32.3. The second kappa shape index (κ2) is 10.1. The third-order valence-corrected chi connectivity index (χ3v) is 8.15. The van der Waals surface area contributed by atoms with Crippen LogP contribution in [0.15, 0.2) is 48.7 Å². The smallest absolute Gasteiger partial charge is 0.250 e. The van der Waals surface area contributed by atoms with Gasteiger partial charge in [0.1, 0.15) is 0 Å². The number of rotatable bonds is 9. The first-order valence-electron chi connectivity index (χ1n) is 11.5. The summed E-state index contributed by atoms with van der Waals surface area (Å²) in [5.74, 6) is -0.252. The normalized spacial score (nSPS) is 15.8. The molecule has 0 saturated carbocycles. The lowest BCUT2D eigenvalue weighted by atomic mass is 9.88. The van der Waals surface area contributed by atoms with Crippen LogP contribution in [0.3, 0.4) is 0 Å². The summed E-state index contributed by atoms with van der Waals surface area (Å²) in [7, 11) is -3.32. The number of hydrogen-bond acceptors (Lipinski definition) is 4. The number of amides is 1. The molecule has 1 aliphatic heterocycles. The highest BCUT2D eigenvalue weighted by atomic mass is 32.2. The minimum Gasteiger partial charge on any atom is -0.380 e. The SMILES string of the molecule is CCCOCCS(=O)(=O)N1CCC(c2c[nH]c3c(C(N)=O)cc(-c4ccccc4)cc23)CC1. The lowest BCUT2D eigenvalue weighted by molar-refractivity contribution is 0.100. The zero-order valence-electron chi connectivity index (χ0n) is 18.9. The Bertz CT molecular complexity index is 1210. The van der Waals surface area contributed by atoms with Gasteiger partial charge in [-0.15, -0.1) is 0 Å². The first-order chi connectivity index (χ1) is 15.9. The van der Waals surface area contributed by atoms with Crippen LogP contribution in [-0.4, -0.2) is 55.7 Å². The molecule has 0 atom stereocenters. The fourth-order valence-corrected chi connectivity index (χ4v) is 5.92. The fourth-order valence-electron chi connectivity index (χ4n) is 4.57. The van der Waals surface area contributed by atoms with Gasteiger partial charge >= 0.3 is 0 Å². The number of H-pyrrole nitrogens is 1. The average Bonchev–Trinajstić information content (AvgIpc) is 3.26. The Balaban J connectivity index is 1.56. The first kappa shape index (κ1) is 23.5. The molecule has 1 aromatic heterocycles. The van der Waals surface area contributed by atoms with Gasteiger partial charge in [-0.3, -0.25) is 4.79 Å². The molecule has 1 amide bonds. The van der Waals surface area contributed by atoms with Crippen LogP contribution >= 0.6 is 0 Å². The standard InChI is InChI=1S/C25H31N3O4S/c1-2-12-32-13-14-33(30,31)28-10-8-19(9-11-28)23-17-27-24-21(23)15-20(16-22(24)25(26)29)18-6-4-3-5-7-18/h3-7,15-17,19,27H,2,8-14H2,1H3,(H2,26,29). The Morgan fingerprint density at radius 3 is 2.52 bits per heavy atom. The Kier molecular flexibility index (Phi) is 7.17. The first-order valence-corrected chi connectivity index (χ1v) is 13.1. The number of fused-ring (bicyclic) bond motifs is 1. The summed E-state index contributed by atoms with van der Waals surface area (Å²) in [4.78, 5) is 15.4. The van der Waals surface area contributed by atoms with Crippen molar-refractivity contribution in [2.45, 2.75) is 32.1 Å². The van der Waals surface area contributed by atoms with E-state index in [0.717, 1.165) is 46.9 Å². The predicted molar refractivity (Wildman–Crippen MR) is 131 cm³/mol. The van der Waals surface area contributed by atoms with Crippen LogP contribution in [0.1, 0.15) is 48.0 Å². The van der Waals surface area contributed by atoms with Crippen LogP contribution in [-0.2, 0) is 14.8 Å². The maximum atomic E-state index is 12.7. The molecule has 0 spiro atoms. The van der Waals surface area contributed by atoms with Gasteiger partial charge in [-0.1, -0.05) is 37.3 Å². The molecule has 2 heterocycles. The van der Waals surface area contributed by atoms with Crippen molar-refractivity contribution in [3.63, 3.8) is 0 Å². The second-order valence-corrected chi connectivity index (χ2v) is 10.6. The van der Waals surface area contributed by atoms with Gasteiger partial charge in [0.25, 0.3) is 5.91 Å². The zero-order valence-corrected chi connectivity index (χ0v) is 19.7. The van der Waals surface area contributed by atoms with Gasteiger partial charge in [-0.05, 0) is 54.0 Å². The van der Waals surface area contributed by atoms with Crippen molar-refractivity contribution in [1.29, 1.82) is 0 Å². The van der Waals surface area contributed by atoms with Gasteiger partial charge in [0.05, 0.1) is 23.4 Å². The van der Waals surface area contributed by atoms with E-state index in [1.54, 1.807) is 4.31 Å². The largest absolute Gasteiger partial charge is 0.380 e. The summed E-state index contributed by atoms with van der Waals surface area (Å²) in [5, 5.41) is 0.972. The van der Waals surface area contributed by atoms with Crippen molar-refractivity contribution in [3.05, 3.63) is 59.8 Å². The van der Waals surface area contributed by atoms with E-state index in [-0.39, 0.29) is 18.3 Å². The number of aromatic nitrogens is 1. The van der Waals surface area contributed by atoms with Crippen molar-refractivity contribution in [3.8, 4) is 11.1 Å². The number of ether oxygens (including phenoxy) is 1. The maximum absolute atomic E-state index is 12.7. The molecule has 3 aromatic rings. The quantitative estimate of drug-likeness (QED) is 0.464. The van der Waals surface area contributed by atoms with Crippen LogP contribution in [0.2, 0.25) is 0 Å². The van der Waals surface area contributed by atoms with Crippen molar-refractivity contribution >= 4 is 26.8 Å². The van der Waals surface area contributed by atoms with E-state index in [1.165, 1.54) is 0 Å². The summed E-state index contributed by atoms with van der Waals surface area (Å²) in [5.41, 5.74) is 9.95. The lowest BCUT2D eigenvalue weighted by Gasteiger charge is -2.31. The highest BCUT2D eigenvalue weighted by Crippen LogP contribution is 2.37. The van der Waals surface area contributed by atoms with E-state index in [2.05, 4.69) is 11.1 Å². The summed E-state index contributed by atoms with van der Waals surface area (Å²) in [6, 6.07) is 13.8. The number of nitrogens with one attached hydrogen (secondary N) is 1. The third kappa shape index (κ3) is 5.13. The number of carbonyl (C=O) groups is 1. The minimum absolute atomic E-state index is 0.0210. The van der Waals surface area contributed by atoms with E-state index < -0.39 is 15.9 Å². The van der Waals surface area contributed by atoms with Crippen LogP contribution in [0.25, 0.3) is 22.0 Å². The number of aromatic amines is 1. The van der Waals surface area contributed by atoms with Crippen molar-refractivity contribution in [2.75, 3.05) is 32.1 Å². The van der Waals surface area contributed by atoms with Gasteiger partial charge in [-0.2, -0.15) is 0 Å². The summed E-state index contributed by atoms with van der Waals surface area (Å²) >= 11 is 0. The molecular formula is C25H31N3O4S. The molecule has 176 valence electrons. The average molecular weight is 470 g/mol. The van der Waals surface area contributed by atoms with Crippen molar-refractivity contribution in [1.82, 2.24) is 9.29 Å². The van der Waals surface area contributed by atoms with E-state index in [9.17, 15) is 13.2 Å². The molecule has 33 heavy (non-hydrogen) atoms. The van der Waals surface area contributed by atoms with E-state index >= 15 is 0 Å². The Morgan fingerprint density at radius 1 is 1.12 bits per heavy atom.